The van der Waals surface area contributed by atoms with Crippen LogP contribution in [0.3, 0.4) is 0 Å². The minimum Gasteiger partial charge on any atom is -0.357 e. The van der Waals surface area contributed by atoms with Gasteiger partial charge in [0.05, 0.1) is 10.5 Å². The molecule has 0 fully saturated rings. The third kappa shape index (κ3) is 1.46. The first-order valence-electron chi connectivity index (χ1n) is 6.07. The first-order valence-corrected chi connectivity index (χ1v) is 6.45. The van der Waals surface area contributed by atoms with Crippen molar-refractivity contribution in [3.63, 3.8) is 0 Å². The Balaban J connectivity index is 2.18. The molecule has 1 N–H and O–H groups in total. The lowest BCUT2D eigenvalue weighted by atomic mass is 9.85. The molecule has 0 saturated heterocycles. The molecule has 3 rings (SSSR count). The van der Waals surface area contributed by atoms with Crippen LogP contribution in [0.2, 0.25) is 5.02 Å². The van der Waals surface area contributed by atoms with Crippen LogP contribution < -0.4 is 0 Å². The Hall–Kier alpha value is -0.950. The van der Waals surface area contributed by atoms with Gasteiger partial charge in [-0.3, -0.25) is 0 Å². The fourth-order valence-corrected chi connectivity index (χ4v) is 3.05. The zero-order chi connectivity index (χ0) is 11.1. The van der Waals surface area contributed by atoms with E-state index in [1.165, 1.54) is 42.3 Å². The zero-order valence-corrected chi connectivity index (χ0v) is 10.3. The lowest BCUT2D eigenvalue weighted by molar-refractivity contribution is 0.444. The molecule has 0 spiro atoms. The Bertz CT molecular complexity index is 527. The van der Waals surface area contributed by atoms with E-state index in [1.54, 1.807) is 0 Å². The summed E-state index contributed by atoms with van der Waals surface area (Å²) in [6.45, 7) is 2.29. The maximum atomic E-state index is 6.22. The van der Waals surface area contributed by atoms with E-state index in [9.17, 15) is 0 Å². The molecule has 0 aliphatic heterocycles. The van der Waals surface area contributed by atoms with E-state index < -0.39 is 0 Å². The van der Waals surface area contributed by atoms with E-state index in [2.05, 4.69) is 18.0 Å². The number of hydrogen-bond acceptors (Lipinski definition) is 0. The van der Waals surface area contributed by atoms with Gasteiger partial charge >= 0.3 is 0 Å². The summed E-state index contributed by atoms with van der Waals surface area (Å²) >= 11 is 6.22. The van der Waals surface area contributed by atoms with Gasteiger partial charge in [-0.15, -0.1) is 0 Å². The van der Waals surface area contributed by atoms with Gasteiger partial charge in [-0.05, 0) is 36.8 Å². The van der Waals surface area contributed by atoms with Gasteiger partial charge in [0.1, 0.15) is 0 Å². The molecule has 1 aliphatic rings. The van der Waals surface area contributed by atoms with E-state index in [4.69, 9.17) is 11.6 Å². The van der Waals surface area contributed by atoms with Gasteiger partial charge in [-0.2, -0.15) is 0 Å². The summed E-state index contributed by atoms with van der Waals surface area (Å²) in [5, 5.41) is 2.18. The summed E-state index contributed by atoms with van der Waals surface area (Å²) in [7, 11) is 0. The second kappa shape index (κ2) is 3.81. The molecule has 1 aromatic heterocycles. The van der Waals surface area contributed by atoms with Crippen LogP contribution >= 0.6 is 11.6 Å². The first-order chi connectivity index (χ1) is 7.79. The highest BCUT2D eigenvalue weighted by Crippen LogP contribution is 2.35. The van der Waals surface area contributed by atoms with Gasteiger partial charge in [0, 0.05) is 11.1 Å². The minimum atomic E-state index is 0.847. The number of benzene rings is 1. The largest absolute Gasteiger partial charge is 0.357 e. The maximum absolute atomic E-state index is 6.22. The number of H-pyrrole nitrogens is 1. The molecular formula is C14H16ClN. The number of fused-ring (bicyclic) bond motifs is 3. The van der Waals surface area contributed by atoms with E-state index in [-0.39, 0.29) is 0 Å². The van der Waals surface area contributed by atoms with Crippen LogP contribution in [0.15, 0.2) is 18.2 Å². The molecule has 84 valence electrons. The van der Waals surface area contributed by atoms with E-state index in [0.717, 1.165) is 16.5 Å². The van der Waals surface area contributed by atoms with Gasteiger partial charge in [-0.1, -0.05) is 37.1 Å². The van der Waals surface area contributed by atoms with Crippen molar-refractivity contribution in [2.75, 3.05) is 0 Å². The third-order valence-corrected chi connectivity index (χ3v) is 4.17. The van der Waals surface area contributed by atoms with E-state index in [1.807, 2.05) is 12.1 Å². The van der Waals surface area contributed by atoms with Crippen LogP contribution in [-0.2, 0) is 12.8 Å². The number of aryl methyl sites for hydroxylation is 1. The molecule has 1 aliphatic carbocycles. The molecule has 0 radical (unpaired) electrons. The van der Waals surface area contributed by atoms with Crippen molar-refractivity contribution >= 4 is 22.5 Å². The third-order valence-electron chi connectivity index (χ3n) is 3.85. The fraction of sp³-hybridized carbons (Fsp3) is 0.429. The van der Waals surface area contributed by atoms with Crippen LogP contribution in [0, 0.1) is 5.92 Å². The Morgan fingerprint density at radius 1 is 1.44 bits per heavy atom. The number of aromatic amines is 1. The van der Waals surface area contributed by atoms with Crippen molar-refractivity contribution in [2.45, 2.75) is 32.6 Å². The van der Waals surface area contributed by atoms with E-state index >= 15 is 0 Å². The first kappa shape index (κ1) is 10.2. The molecule has 1 unspecified atom stereocenters. The normalized spacial score (nSPS) is 20.0. The fourth-order valence-electron chi connectivity index (χ4n) is 2.83. The molecule has 0 bridgehead atoms. The van der Waals surface area contributed by atoms with Crippen molar-refractivity contribution in [1.82, 2.24) is 4.98 Å². The average Bonchev–Trinajstić information content (AvgIpc) is 2.68. The van der Waals surface area contributed by atoms with E-state index in [0.29, 0.717) is 0 Å². The number of para-hydroxylation sites is 1. The standard InChI is InChI=1S/C14H16ClN/c1-2-9-6-7-13-11(8-9)10-4-3-5-12(15)14(10)16-13/h3-5,9,16H,2,6-8H2,1H3. The number of nitrogens with one attached hydrogen (secondary N) is 1. The predicted octanol–water partition coefficient (Wildman–Crippen LogP) is 4.34. The highest BCUT2D eigenvalue weighted by Gasteiger charge is 2.21. The van der Waals surface area contributed by atoms with Crippen LogP contribution in [-0.4, -0.2) is 4.98 Å². The number of halogens is 1. The summed E-state index contributed by atoms with van der Waals surface area (Å²) in [6.07, 6.45) is 4.99. The quantitative estimate of drug-likeness (QED) is 0.755. The highest BCUT2D eigenvalue weighted by atomic mass is 35.5. The van der Waals surface area contributed by atoms with Gasteiger partial charge < -0.3 is 4.98 Å². The van der Waals surface area contributed by atoms with Crippen molar-refractivity contribution in [1.29, 1.82) is 0 Å². The molecule has 2 heteroatoms. The number of hydrogen-bond donors (Lipinski definition) is 1. The number of aromatic nitrogens is 1. The highest BCUT2D eigenvalue weighted by molar-refractivity contribution is 6.35. The SMILES string of the molecule is CCC1CCc2[nH]c3c(Cl)cccc3c2C1. The summed E-state index contributed by atoms with van der Waals surface area (Å²) in [6, 6.07) is 6.20. The van der Waals surface area contributed by atoms with Crippen molar-refractivity contribution in [2.24, 2.45) is 5.92 Å². The molecule has 1 nitrogen and oxygen atoms in total. The lowest BCUT2D eigenvalue weighted by Gasteiger charge is -2.20. The second-order valence-corrected chi connectivity index (χ2v) is 5.17. The van der Waals surface area contributed by atoms with Crippen LogP contribution in [0.4, 0.5) is 0 Å². The Morgan fingerprint density at radius 3 is 3.12 bits per heavy atom. The monoisotopic (exact) mass is 233 g/mol. The second-order valence-electron chi connectivity index (χ2n) is 4.76. The van der Waals surface area contributed by atoms with Crippen LogP contribution in [0.5, 0.6) is 0 Å². The molecule has 2 aromatic rings. The van der Waals surface area contributed by atoms with Crippen molar-refractivity contribution in [3.8, 4) is 0 Å². The van der Waals surface area contributed by atoms with Gasteiger partial charge in [-0.25, -0.2) is 0 Å². The van der Waals surface area contributed by atoms with Gasteiger partial charge in [0.15, 0.2) is 0 Å². The Morgan fingerprint density at radius 2 is 2.31 bits per heavy atom. The maximum Gasteiger partial charge on any atom is 0.0648 e. The molecule has 1 atom stereocenters. The predicted molar refractivity (Wildman–Crippen MR) is 69.1 cm³/mol. The Labute approximate surface area is 101 Å². The van der Waals surface area contributed by atoms with Crippen LogP contribution in [0.25, 0.3) is 10.9 Å². The molecule has 0 amide bonds. The van der Waals surface area contributed by atoms with Gasteiger partial charge in [0.25, 0.3) is 0 Å². The smallest absolute Gasteiger partial charge is 0.0648 e. The molecule has 1 heterocycles. The summed E-state index contributed by atoms with van der Waals surface area (Å²) in [5.41, 5.74) is 4.05. The Kier molecular flexibility index (Phi) is 2.44. The summed E-state index contributed by atoms with van der Waals surface area (Å²) in [4.78, 5) is 3.50. The summed E-state index contributed by atoms with van der Waals surface area (Å²) < 4.78 is 0. The molecular weight excluding hydrogens is 218 g/mol. The van der Waals surface area contributed by atoms with Crippen molar-refractivity contribution in [3.05, 3.63) is 34.5 Å². The topological polar surface area (TPSA) is 15.8 Å². The van der Waals surface area contributed by atoms with Crippen molar-refractivity contribution < 1.29 is 0 Å². The van der Waals surface area contributed by atoms with Gasteiger partial charge in [0.2, 0.25) is 0 Å². The lowest BCUT2D eigenvalue weighted by Crippen LogP contribution is -2.12. The molecule has 16 heavy (non-hydrogen) atoms. The minimum absolute atomic E-state index is 0.847. The number of rotatable bonds is 1. The van der Waals surface area contributed by atoms with Crippen LogP contribution in [0.1, 0.15) is 31.0 Å². The zero-order valence-electron chi connectivity index (χ0n) is 9.52. The summed E-state index contributed by atoms with van der Waals surface area (Å²) in [5.74, 6) is 0.852. The average molecular weight is 234 g/mol. The molecule has 1 aromatic carbocycles. The molecule has 0 saturated carbocycles.